The summed E-state index contributed by atoms with van der Waals surface area (Å²) in [6, 6.07) is 3.25. The molecule has 0 radical (unpaired) electrons. The summed E-state index contributed by atoms with van der Waals surface area (Å²) in [6.07, 6.45) is 0. The molecule has 0 aliphatic carbocycles. The van der Waals surface area contributed by atoms with E-state index in [2.05, 4.69) is 0 Å². The fraction of sp³-hybridized carbons (Fsp3) is 0.571. The van der Waals surface area contributed by atoms with Crippen LogP contribution in [0.25, 0.3) is 0 Å². The highest BCUT2D eigenvalue weighted by molar-refractivity contribution is 6.63. The first-order valence-corrected chi connectivity index (χ1v) is 6.27. The summed E-state index contributed by atoms with van der Waals surface area (Å²) in [7, 11) is -0.495. The first-order valence-electron chi connectivity index (χ1n) is 6.27. The van der Waals surface area contributed by atoms with E-state index in [4.69, 9.17) is 9.31 Å². The molecule has 1 aromatic carbocycles. The normalized spacial score (nSPS) is 21.4. The van der Waals surface area contributed by atoms with Crippen molar-refractivity contribution < 1.29 is 13.7 Å². The number of aryl methyl sites for hydroxylation is 1. The maximum atomic E-state index is 13.7. The molecule has 2 nitrogen and oxygen atoms in total. The molecular weight excluding hydrogens is 230 g/mol. The summed E-state index contributed by atoms with van der Waals surface area (Å²) in [4.78, 5) is 0. The van der Waals surface area contributed by atoms with Gasteiger partial charge >= 0.3 is 7.12 Å². The molecule has 18 heavy (non-hydrogen) atoms. The molecule has 0 amide bonds. The van der Waals surface area contributed by atoms with Crippen LogP contribution in [0.4, 0.5) is 4.39 Å². The second-order valence-electron chi connectivity index (χ2n) is 5.99. The number of hydrogen-bond donors (Lipinski definition) is 0. The molecule has 0 N–H and O–H groups in total. The van der Waals surface area contributed by atoms with Crippen molar-refractivity contribution in [2.75, 3.05) is 0 Å². The van der Waals surface area contributed by atoms with Crippen LogP contribution >= 0.6 is 0 Å². The molecule has 1 fully saturated rings. The quantitative estimate of drug-likeness (QED) is 0.713. The van der Waals surface area contributed by atoms with Crippen molar-refractivity contribution in [3.8, 4) is 0 Å². The Kier molecular flexibility index (Phi) is 3.07. The van der Waals surface area contributed by atoms with Gasteiger partial charge in [0.05, 0.1) is 11.2 Å². The minimum atomic E-state index is -0.495. The molecular formula is C14H20BFO2. The van der Waals surface area contributed by atoms with Crippen molar-refractivity contribution in [2.45, 2.75) is 52.7 Å². The minimum absolute atomic E-state index is 0.217. The van der Waals surface area contributed by atoms with Crippen molar-refractivity contribution in [3.63, 3.8) is 0 Å². The van der Waals surface area contributed by atoms with E-state index in [-0.39, 0.29) is 5.82 Å². The fourth-order valence-corrected chi connectivity index (χ4v) is 2.16. The summed E-state index contributed by atoms with van der Waals surface area (Å²) in [6.45, 7) is 11.7. The van der Waals surface area contributed by atoms with Crippen molar-refractivity contribution in [3.05, 3.63) is 29.1 Å². The zero-order valence-electron chi connectivity index (χ0n) is 11.9. The molecule has 0 unspecified atom stereocenters. The van der Waals surface area contributed by atoms with Crippen molar-refractivity contribution in [2.24, 2.45) is 0 Å². The van der Waals surface area contributed by atoms with Gasteiger partial charge in [-0.3, -0.25) is 0 Å². The molecule has 0 spiro atoms. The standard InChI is InChI=1S/C14H20BFO2/c1-9-7-8-11(16)10(2)12(9)15-17-13(3,4)14(5,6)18-15/h7-8H,1-6H3. The molecule has 4 heteroatoms. The van der Waals surface area contributed by atoms with Gasteiger partial charge in [-0.05, 0) is 58.6 Å². The van der Waals surface area contributed by atoms with Gasteiger partial charge in [-0.15, -0.1) is 0 Å². The molecule has 98 valence electrons. The van der Waals surface area contributed by atoms with E-state index in [0.717, 1.165) is 11.0 Å². The Bertz CT molecular complexity index is 467. The monoisotopic (exact) mass is 250 g/mol. The fourth-order valence-electron chi connectivity index (χ4n) is 2.16. The highest BCUT2D eigenvalue weighted by atomic mass is 19.1. The average Bonchev–Trinajstić information content (AvgIpc) is 2.43. The van der Waals surface area contributed by atoms with Crippen molar-refractivity contribution >= 4 is 12.6 Å². The number of hydrogen-bond acceptors (Lipinski definition) is 2. The molecule has 1 aliphatic rings. The van der Waals surface area contributed by atoms with E-state index >= 15 is 0 Å². The highest BCUT2D eigenvalue weighted by Gasteiger charge is 2.52. The third kappa shape index (κ3) is 1.97. The van der Waals surface area contributed by atoms with E-state index in [1.165, 1.54) is 6.07 Å². The van der Waals surface area contributed by atoms with Gasteiger partial charge < -0.3 is 9.31 Å². The first kappa shape index (κ1) is 13.6. The van der Waals surface area contributed by atoms with Crippen molar-refractivity contribution in [1.29, 1.82) is 0 Å². The molecule has 0 atom stereocenters. The highest BCUT2D eigenvalue weighted by Crippen LogP contribution is 2.37. The number of rotatable bonds is 1. The maximum absolute atomic E-state index is 13.7. The largest absolute Gasteiger partial charge is 0.495 e. The molecule has 0 saturated carbocycles. The Labute approximate surface area is 109 Å². The molecule has 0 bridgehead atoms. The van der Waals surface area contributed by atoms with Gasteiger partial charge in [0.2, 0.25) is 0 Å². The van der Waals surface area contributed by atoms with E-state index in [1.54, 1.807) is 13.0 Å². The third-order valence-electron chi connectivity index (χ3n) is 4.16. The topological polar surface area (TPSA) is 18.5 Å². The van der Waals surface area contributed by atoms with Gasteiger partial charge in [0.15, 0.2) is 0 Å². The van der Waals surface area contributed by atoms with Crippen LogP contribution in [0.15, 0.2) is 12.1 Å². The molecule has 1 aliphatic heterocycles. The van der Waals surface area contributed by atoms with Gasteiger partial charge in [0.25, 0.3) is 0 Å². The summed E-state index contributed by atoms with van der Waals surface area (Å²) in [5.41, 5.74) is 1.61. The molecule has 1 heterocycles. The molecule has 2 rings (SSSR count). The zero-order valence-corrected chi connectivity index (χ0v) is 11.9. The van der Waals surface area contributed by atoms with Crippen LogP contribution in [0, 0.1) is 19.7 Å². The van der Waals surface area contributed by atoms with Gasteiger partial charge in [-0.1, -0.05) is 11.6 Å². The van der Waals surface area contributed by atoms with Crippen LogP contribution in [0.1, 0.15) is 38.8 Å². The van der Waals surface area contributed by atoms with Gasteiger partial charge in [0, 0.05) is 0 Å². The Balaban J connectivity index is 2.44. The molecule has 1 aromatic rings. The smallest absolute Gasteiger partial charge is 0.399 e. The van der Waals surface area contributed by atoms with Crippen LogP contribution in [0.2, 0.25) is 0 Å². The van der Waals surface area contributed by atoms with Gasteiger partial charge in [-0.25, -0.2) is 4.39 Å². The summed E-state index contributed by atoms with van der Waals surface area (Å²) in [5, 5.41) is 0. The lowest BCUT2D eigenvalue weighted by Gasteiger charge is -2.32. The lowest BCUT2D eigenvalue weighted by molar-refractivity contribution is 0.00578. The van der Waals surface area contributed by atoms with Crippen LogP contribution < -0.4 is 5.46 Å². The van der Waals surface area contributed by atoms with E-state index < -0.39 is 18.3 Å². The van der Waals surface area contributed by atoms with Gasteiger partial charge in [0.1, 0.15) is 5.82 Å². The van der Waals surface area contributed by atoms with Crippen molar-refractivity contribution in [1.82, 2.24) is 0 Å². The SMILES string of the molecule is Cc1ccc(F)c(C)c1B1OC(C)(C)C(C)(C)O1. The Morgan fingerprint density at radius 2 is 1.50 bits per heavy atom. The second-order valence-corrected chi connectivity index (χ2v) is 5.99. The van der Waals surface area contributed by atoms with Crippen LogP contribution in [-0.2, 0) is 9.31 Å². The lowest BCUT2D eigenvalue weighted by Crippen LogP contribution is -2.41. The van der Waals surface area contributed by atoms with E-state index in [1.807, 2.05) is 34.6 Å². The zero-order chi connectivity index (χ0) is 13.7. The van der Waals surface area contributed by atoms with E-state index in [9.17, 15) is 4.39 Å². The van der Waals surface area contributed by atoms with E-state index in [0.29, 0.717) is 5.56 Å². The Morgan fingerprint density at radius 1 is 1.00 bits per heavy atom. The number of halogens is 1. The summed E-state index contributed by atoms with van der Waals surface area (Å²) < 4.78 is 25.6. The van der Waals surface area contributed by atoms with Crippen LogP contribution in [0.3, 0.4) is 0 Å². The molecule has 1 saturated heterocycles. The second kappa shape index (κ2) is 4.07. The Hall–Kier alpha value is -0.865. The average molecular weight is 250 g/mol. The predicted molar refractivity (Wildman–Crippen MR) is 71.6 cm³/mol. The summed E-state index contributed by atoms with van der Waals surface area (Å²) in [5.74, 6) is -0.217. The minimum Gasteiger partial charge on any atom is -0.399 e. The first-order chi connectivity index (χ1) is 8.16. The van der Waals surface area contributed by atoms with Gasteiger partial charge in [-0.2, -0.15) is 0 Å². The van der Waals surface area contributed by atoms with Crippen LogP contribution in [0.5, 0.6) is 0 Å². The summed E-state index contributed by atoms with van der Waals surface area (Å²) >= 11 is 0. The molecule has 0 aromatic heterocycles. The maximum Gasteiger partial charge on any atom is 0.495 e. The Morgan fingerprint density at radius 3 is 2.00 bits per heavy atom. The third-order valence-corrected chi connectivity index (χ3v) is 4.16. The van der Waals surface area contributed by atoms with Crippen LogP contribution in [-0.4, -0.2) is 18.3 Å². The lowest BCUT2D eigenvalue weighted by atomic mass is 9.73. The number of benzene rings is 1. The predicted octanol–water partition coefficient (Wildman–Crippen LogP) is 2.74.